The molecule has 1 aliphatic heterocycles. The molecule has 4 aromatic rings. The Labute approximate surface area is 185 Å². The van der Waals surface area contributed by atoms with E-state index in [0.717, 1.165) is 48.7 Å². The number of ether oxygens (including phenoxy) is 1. The number of aromatic hydroxyl groups is 1. The van der Waals surface area contributed by atoms with Crippen molar-refractivity contribution >= 4 is 27.5 Å². The Balaban J connectivity index is 1.78. The fourth-order valence-electron chi connectivity index (χ4n) is 4.62. The number of anilines is 1. The molecule has 1 N–H and O–H groups in total. The van der Waals surface area contributed by atoms with Crippen molar-refractivity contribution in [2.75, 3.05) is 25.1 Å². The molecule has 32 heavy (non-hydrogen) atoms. The molecule has 1 aliphatic rings. The van der Waals surface area contributed by atoms with Crippen LogP contribution in [0.1, 0.15) is 31.7 Å². The predicted octanol–water partition coefficient (Wildman–Crippen LogP) is 5.25. The standard InChI is InChI=1S/C25H25FN4O2/c1-3-15-8-7-9-16-12-17(31)13-18(20(15)16)22-21(26)23-19(14-27-22)24(29-25(28-23)32-2)30-10-5-4-6-11-30/h7-9,12-14,31H,3-6,10-11H2,1-2H3. The summed E-state index contributed by atoms with van der Waals surface area (Å²) in [6, 6.07) is 9.26. The highest BCUT2D eigenvalue weighted by Gasteiger charge is 2.23. The van der Waals surface area contributed by atoms with Crippen molar-refractivity contribution < 1.29 is 14.2 Å². The molecule has 0 atom stereocenters. The topological polar surface area (TPSA) is 71.4 Å². The molecule has 2 aromatic carbocycles. The Morgan fingerprint density at radius 3 is 2.69 bits per heavy atom. The number of phenols is 1. The fourth-order valence-corrected chi connectivity index (χ4v) is 4.62. The molecule has 0 aliphatic carbocycles. The van der Waals surface area contributed by atoms with E-state index in [0.29, 0.717) is 16.8 Å². The molecule has 0 radical (unpaired) electrons. The third-order valence-corrected chi connectivity index (χ3v) is 6.17. The van der Waals surface area contributed by atoms with E-state index in [-0.39, 0.29) is 23.0 Å². The lowest BCUT2D eigenvalue weighted by molar-refractivity contribution is 0.381. The van der Waals surface area contributed by atoms with Gasteiger partial charge in [-0.1, -0.05) is 25.1 Å². The molecule has 5 rings (SSSR count). The van der Waals surface area contributed by atoms with Crippen LogP contribution in [0.3, 0.4) is 0 Å². The molecule has 0 amide bonds. The monoisotopic (exact) mass is 432 g/mol. The number of aromatic nitrogens is 3. The van der Waals surface area contributed by atoms with Crippen molar-refractivity contribution in [2.45, 2.75) is 32.6 Å². The summed E-state index contributed by atoms with van der Waals surface area (Å²) in [5.41, 5.74) is 1.94. The third kappa shape index (κ3) is 3.38. The Bertz CT molecular complexity index is 1320. The van der Waals surface area contributed by atoms with Crippen molar-refractivity contribution in [3.05, 3.63) is 47.9 Å². The fraction of sp³-hybridized carbons (Fsp3) is 0.320. The van der Waals surface area contributed by atoms with Crippen LogP contribution in [0, 0.1) is 5.82 Å². The summed E-state index contributed by atoms with van der Waals surface area (Å²) < 4.78 is 21.3. The highest BCUT2D eigenvalue weighted by molar-refractivity contribution is 6.01. The Hall–Kier alpha value is -3.48. The molecule has 0 saturated carbocycles. The first-order valence-electron chi connectivity index (χ1n) is 11.0. The number of nitrogens with zero attached hydrogens (tertiary/aromatic N) is 4. The first-order chi connectivity index (χ1) is 15.6. The van der Waals surface area contributed by atoms with Gasteiger partial charge in [0.05, 0.1) is 12.5 Å². The second kappa shape index (κ2) is 8.22. The summed E-state index contributed by atoms with van der Waals surface area (Å²) in [5, 5.41) is 12.6. The zero-order chi connectivity index (χ0) is 22.2. The zero-order valence-electron chi connectivity index (χ0n) is 18.2. The summed E-state index contributed by atoms with van der Waals surface area (Å²) in [6.45, 7) is 3.77. The van der Waals surface area contributed by atoms with Crippen molar-refractivity contribution in [2.24, 2.45) is 0 Å². The van der Waals surface area contributed by atoms with Crippen LogP contribution in [0.5, 0.6) is 11.8 Å². The van der Waals surface area contributed by atoms with Gasteiger partial charge >= 0.3 is 6.01 Å². The second-order valence-electron chi connectivity index (χ2n) is 8.13. The summed E-state index contributed by atoms with van der Waals surface area (Å²) >= 11 is 0. The lowest BCUT2D eigenvalue weighted by Gasteiger charge is -2.28. The number of hydrogen-bond donors (Lipinski definition) is 1. The Kier molecular flexibility index (Phi) is 5.25. The Morgan fingerprint density at radius 1 is 1.12 bits per heavy atom. The largest absolute Gasteiger partial charge is 0.508 e. The van der Waals surface area contributed by atoms with E-state index in [2.05, 4.69) is 26.8 Å². The highest BCUT2D eigenvalue weighted by atomic mass is 19.1. The van der Waals surface area contributed by atoms with E-state index in [1.165, 1.54) is 13.5 Å². The lowest BCUT2D eigenvalue weighted by atomic mass is 9.95. The molecular formula is C25H25FN4O2. The maximum absolute atomic E-state index is 16.0. The number of hydrogen-bond acceptors (Lipinski definition) is 6. The number of aryl methyl sites for hydroxylation is 1. The molecule has 1 fully saturated rings. The molecule has 0 bridgehead atoms. The van der Waals surface area contributed by atoms with E-state index in [1.54, 1.807) is 18.3 Å². The van der Waals surface area contributed by atoms with Crippen molar-refractivity contribution in [1.29, 1.82) is 0 Å². The van der Waals surface area contributed by atoms with Gasteiger partial charge in [0.15, 0.2) is 5.82 Å². The van der Waals surface area contributed by atoms with Gasteiger partial charge in [-0.3, -0.25) is 4.98 Å². The lowest BCUT2D eigenvalue weighted by Crippen LogP contribution is -2.30. The van der Waals surface area contributed by atoms with Crippen LogP contribution in [-0.2, 0) is 6.42 Å². The average Bonchev–Trinajstić information content (AvgIpc) is 2.83. The van der Waals surface area contributed by atoms with Crippen LogP contribution in [-0.4, -0.2) is 40.3 Å². The van der Waals surface area contributed by atoms with E-state index in [4.69, 9.17) is 4.74 Å². The molecule has 0 unspecified atom stereocenters. The highest BCUT2D eigenvalue weighted by Crippen LogP contribution is 2.38. The minimum Gasteiger partial charge on any atom is -0.508 e. The van der Waals surface area contributed by atoms with Crippen molar-refractivity contribution in [3.63, 3.8) is 0 Å². The van der Waals surface area contributed by atoms with Gasteiger partial charge < -0.3 is 14.7 Å². The second-order valence-corrected chi connectivity index (χ2v) is 8.13. The summed E-state index contributed by atoms with van der Waals surface area (Å²) in [7, 11) is 1.48. The van der Waals surface area contributed by atoms with Gasteiger partial charge in [0.25, 0.3) is 0 Å². The normalized spacial score (nSPS) is 14.3. The maximum atomic E-state index is 16.0. The third-order valence-electron chi connectivity index (χ3n) is 6.17. The molecule has 3 heterocycles. The number of piperidine rings is 1. The predicted molar refractivity (Wildman–Crippen MR) is 124 cm³/mol. The molecule has 2 aromatic heterocycles. The molecule has 7 heteroatoms. The zero-order valence-corrected chi connectivity index (χ0v) is 18.2. The summed E-state index contributed by atoms with van der Waals surface area (Å²) in [5.74, 6) is 0.176. The van der Waals surface area contributed by atoms with Crippen LogP contribution in [0.2, 0.25) is 0 Å². The van der Waals surface area contributed by atoms with Gasteiger partial charge in [0, 0.05) is 24.8 Å². The number of benzene rings is 2. The number of methoxy groups -OCH3 is 1. The smallest absolute Gasteiger partial charge is 0.318 e. The molecule has 0 spiro atoms. The number of phenolic OH excluding ortho intramolecular Hbond substituents is 1. The van der Waals surface area contributed by atoms with Gasteiger partial charge in [-0.05, 0) is 54.2 Å². The van der Waals surface area contributed by atoms with Gasteiger partial charge in [0.1, 0.15) is 22.8 Å². The number of pyridine rings is 1. The first kappa shape index (κ1) is 20.4. The summed E-state index contributed by atoms with van der Waals surface area (Å²) in [4.78, 5) is 15.5. The van der Waals surface area contributed by atoms with Crippen molar-refractivity contribution in [3.8, 4) is 23.0 Å². The van der Waals surface area contributed by atoms with Crippen LogP contribution in [0.4, 0.5) is 10.2 Å². The summed E-state index contributed by atoms with van der Waals surface area (Å²) in [6.07, 6.45) is 5.73. The van der Waals surface area contributed by atoms with Crippen LogP contribution < -0.4 is 9.64 Å². The Morgan fingerprint density at radius 2 is 1.94 bits per heavy atom. The van der Waals surface area contributed by atoms with Gasteiger partial charge in [-0.2, -0.15) is 9.97 Å². The van der Waals surface area contributed by atoms with Crippen molar-refractivity contribution in [1.82, 2.24) is 15.0 Å². The van der Waals surface area contributed by atoms with Gasteiger partial charge in [-0.25, -0.2) is 4.39 Å². The van der Waals surface area contributed by atoms with E-state index < -0.39 is 5.82 Å². The maximum Gasteiger partial charge on any atom is 0.318 e. The molecular weight excluding hydrogens is 407 g/mol. The quantitative estimate of drug-likeness (QED) is 0.475. The molecule has 1 saturated heterocycles. The minimum absolute atomic E-state index is 0.0660. The first-order valence-corrected chi connectivity index (χ1v) is 11.0. The minimum atomic E-state index is -0.542. The molecule has 164 valence electrons. The number of fused-ring (bicyclic) bond motifs is 2. The SMILES string of the molecule is CCc1cccc2cc(O)cc(-c3ncc4c(N5CCCCC5)nc(OC)nc4c3F)c12. The van der Waals surface area contributed by atoms with Gasteiger partial charge in [-0.15, -0.1) is 0 Å². The average molecular weight is 432 g/mol. The van der Waals surface area contributed by atoms with Gasteiger partial charge in [0.2, 0.25) is 0 Å². The molecule has 6 nitrogen and oxygen atoms in total. The van der Waals surface area contributed by atoms with Crippen LogP contribution in [0.15, 0.2) is 36.5 Å². The van der Waals surface area contributed by atoms with Crippen LogP contribution >= 0.6 is 0 Å². The van der Waals surface area contributed by atoms with E-state index in [1.807, 2.05) is 18.2 Å². The van der Waals surface area contributed by atoms with E-state index >= 15 is 4.39 Å². The number of rotatable bonds is 4. The van der Waals surface area contributed by atoms with Crippen LogP contribution in [0.25, 0.3) is 32.9 Å². The van der Waals surface area contributed by atoms with E-state index in [9.17, 15) is 5.11 Å². The number of halogens is 1.